The molecule has 4 rings (SSSR count). The molecular weight excluding hydrogens is 351 g/mol. The lowest BCUT2D eigenvalue weighted by molar-refractivity contribution is -0.192. The zero-order valence-corrected chi connectivity index (χ0v) is 13.7. The molecular formula is C17H18F3N3O3. The highest BCUT2D eigenvalue weighted by molar-refractivity contribution is 6.15. The van der Waals surface area contributed by atoms with E-state index in [1.54, 1.807) is 0 Å². The largest absolute Gasteiger partial charge is 0.490 e. The van der Waals surface area contributed by atoms with Gasteiger partial charge in [-0.1, -0.05) is 30.3 Å². The van der Waals surface area contributed by atoms with Crippen LogP contribution < -0.4 is 10.6 Å². The molecule has 2 heterocycles. The Morgan fingerprint density at radius 3 is 2.50 bits per heavy atom. The van der Waals surface area contributed by atoms with Crippen molar-refractivity contribution in [3.63, 3.8) is 0 Å². The molecule has 2 fully saturated rings. The average Bonchev–Trinajstić information content (AvgIpc) is 3.26. The van der Waals surface area contributed by atoms with Gasteiger partial charge in [-0.3, -0.25) is 9.79 Å². The highest BCUT2D eigenvalue weighted by Gasteiger charge is 2.57. The minimum Gasteiger partial charge on any atom is -0.475 e. The number of aliphatic carboxylic acids is 1. The molecule has 1 aromatic carbocycles. The van der Waals surface area contributed by atoms with Crippen molar-refractivity contribution in [2.45, 2.75) is 24.6 Å². The van der Waals surface area contributed by atoms with Gasteiger partial charge in [-0.25, -0.2) is 4.79 Å². The second kappa shape index (κ2) is 6.71. The lowest BCUT2D eigenvalue weighted by Gasteiger charge is -2.23. The van der Waals surface area contributed by atoms with Crippen molar-refractivity contribution in [2.75, 3.05) is 13.1 Å². The summed E-state index contributed by atoms with van der Waals surface area (Å²) in [6, 6.07) is 9.92. The molecule has 1 saturated heterocycles. The maximum Gasteiger partial charge on any atom is 0.490 e. The molecule has 3 aliphatic rings. The fourth-order valence-corrected chi connectivity index (χ4v) is 3.83. The van der Waals surface area contributed by atoms with Crippen LogP contribution in [0.5, 0.6) is 0 Å². The van der Waals surface area contributed by atoms with E-state index in [2.05, 4.69) is 10.6 Å². The second-order valence-corrected chi connectivity index (χ2v) is 6.57. The zero-order valence-electron chi connectivity index (χ0n) is 13.7. The number of carbonyl (C=O) groups excluding carboxylic acids is 1. The van der Waals surface area contributed by atoms with Gasteiger partial charge >= 0.3 is 12.1 Å². The molecule has 140 valence electrons. The molecule has 1 amide bonds. The van der Waals surface area contributed by atoms with Crippen LogP contribution in [-0.2, 0) is 9.59 Å². The quantitative estimate of drug-likeness (QED) is 0.701. The van der Waals surface area contributed by atoms with E-state index >= 15 is 0 Å². The summed E-state index contributed by atoms with van der Waals surface area (Å²) in [5.41, 5.74) is 0.501. The van der Waals surface area contributed by atoms with E-state index in [0.717, 1.165) is 37.3 Å². The lowest BCUT2D eigenvalue weighted by Crippen LogP contribution is -2.44. The van der Waals surface area contributed by atoms with Gasteiger partial charge < -0.3 is 15.7 Å². The maximum atomic E-state index is 12.5. The minimum atomic E-state index is -5.08. The predicted octanol–water partition coefficient (Wildman–Crippen LogP) is 1.56. The molecule has 0 radical (unpaired) electrons. The molecule has 1 saturated carbocycles. The van der Waals surface area contributed by atoms with Gasteiger partial charge in [0.2, 0.25) is 0 Å². The first kappa shape index (κ1) is 18.4. The Labute approximate surface area is 147 Å². The number of rotatable bonds is 1. The van der Waals surface area contributed by atoms with E-state index in [1.165, 1.54) is 0 Å². The van der Waals surface area contributed by atoms with E-state index in [0.29, 0.717) is 11.8 Å². The molecule has 6 nitrogen and oxygen atoms in total. The number of carboxylic acids is 1. The normalized spacial score (nSPS) is 29.7. The monoisotopic (exact) mass is 369 g/mol. The van der Waals surface area contributed by atoms with Crippen LogP contribution in [-0.4, -0.2) is 47.6 Å². The number of nitrogens with zero attached hydrogens (tertiary/aromatic N) is 1. The number of amides is 1. The lowest BCUT2D eigenvalue weighted by atomic mass is 9.85. The smallest absolute Gasteiger partial charge is 0.475 e. The first-order chi connectivity index (χ1) is 12.2. The SMILES string of the molecule is O=C(O)C(F)(F)F.O=C1NC(c2ccccc2)=N[C@@]12CC[C@@H]1CNC[C@@H]12. The van der Waals surface area contributed by atoms with Crippen molar-refractivity contribution in [2.24, 2.45) is 16.8 Å². The number of fused-ring (bicyclic) bond motifs is 2. The van der Waals surface area contributed by atoms with Gasteiger partial charge in [-0.15, -0.1) is 0 Å². The topological polar surface area (TPSA) is 90.8 Å². The number of carbonyl (C=O) groups is 2. The molecule has 1 aromatic rings. The highest BCUT2D eigenvalue weighted by Crippen LogP contribution is 2.46. The average molecular weight is 369 g/mol. The van der Waals surface area contributed by atoms with Gasteiger partial charge in [0.15, 0.2) is 0 Å². The molecule has 0 bridgehead atoms. The first-order valence-corrected chi connectivity index (χ1v) is 8.21. The summed E-state index contributed by atoms with van der Waals surface area (Å²) in [6.07, 6.45) is -3.08. The van der Waals surface area contributed by atoms with Crippen LogP contribution in [0.3, 0.4) is 0 Å². The van der Waals surface area contributed by atoms with Crippen LogP contribution in [0.15, 0.2) is 35.3 Å². The number of alkyl halides is 3. The summed E-state index contributed by atoms with van der Waals surface area (Å²) < 4.78 is 31.7. The molecule has 1 spiro atoms. The Kier molecular flexibility index (Phi) is 4.74. The van der Waals surface area contributed by atoms with Crippen LogP contribution in [0.25, 0.3) is 0 Å². The Balaban J connectivity index is 0.000000242. The van der Waals surface area contributed by atoms with Crippen molar-refractivity contribution in [1.82, 2.24) is 10.6 Å². The number of nitrogens with one attached hydrogen (secondary N) is 2. The van der Waals surface area contributed by atoms with E-state index < -0.39 is 17.7 Å². The maximum absolute atomic E-state index is 12.5. The van der Waals surface area contributed by atoms with Gasteiger partial charge in [0.25, 0.3) is 5.91 Å². The summed E-state index contributed by atoms with van der Waals surface area (Å²) in [7, 11) is 0. The standard InChI is InChI=1S/C15H17N3O.C2HF3O2/c19-14-15(7-6-11-8-16-9-12(11)15)18-13(17-14)10-4-2-1-3-5-10;3-2(4,5)1(6)7/h1-5,11-12,16H,6-9H2,(H,17,18,19);(H,6,7)/t11-,12+,15-;/m1./s1. The molecule has 3 N–H and O–H groups in total. The molecule has 3 atom stereocenters. The fraction of sp³-hybridized carbons (Fsp3) is 0.471. The van der Waals surface area contributed by atoms with E-state index in [-0.39, 0.29) is 5.91 Å². The number of amidine groups is 1. The van der Waals surface area contributed by atoms with Crippen LogP contribution in [0.4, 0.5) is 13.2 Å². The summed E-state index contributed by atoms with van der Waals surface area (Å²) >= 11 is 0. The molecule has 0 aromatic heterocycles. The van der Waals surface area contributed by atoms with Crippen molar-refractivity contribution in [3.05, 3.63) is 35.9 Å². The van der Waals surface area contributed by atoms with Crippen molar-refractivity contribution in [3.8, 4) is 0 Å². The van der Waals surface area contributed by atoms with Gasteiger partial charge in [-0.2, -0.15) is 13.2 Å². The number of hydrogen-bond acceptors (Lipinski definition) is 4. The summed E-state index contributed by atoms with van der Waals surface area (Å²) in [6.45, 7) is 1.96. The Hall–Kier alpha value is -2.42. The number of halogens is 3. The summed E-state index contributed by atoms with van der Waals surface area (Å²) in [5, 5.41) is 13.5. The first-order valence-electron chi connectivity index (χ1n) is 8.21. The Bertz CT molecular complexity index is 736. The van der Waals surface area contributed by atoms with Crippen LogP contribution in [0.2, 0.25) is 0 Å². The second-order valence-electron chi connectivity index (χ2n) is 6.57. The predicted molar refractivity (Wildman–Crippen MR) is 86.6 cm³/mol. The number of benzene rings is 1. The Morgan fingerprint density at radius 2 is 1.88 bits per heavy atom. The molecule has 2 aliphatic heterocycles. The van der Waals surface area contributed by atoms with Gasteiger partial charge in [0.05, 0.1) is 0 Å². The van der Waals surface area contributed by atoms with Crippen LogP contribution in [0.1, 0.15) is 18.4 Å². The van der Waals surface area contributed by atoms with Crippen LogP contribution >= 0.6 is 0 Å². The molecule has 9 heteroatoms. The molecule has 1 aliphatic carbocycles. The van der Waals surface area contributed by atoms with Crippen molar-refractivity contribution < 1.29 is 27.9 Å². The number of carboxylic acid groups (broad SMARTS) is 1. The van der Waals surface area contributed by atoms with E-state index in [4.69, 9.17) is 14.9 Å². The number of aliphatic imine (C=N–C) groups is 1. The van der Waals surface area contributed by atoms with Gasteiger partial charge in [0, 0.05) is 18.0 Å². The third-order valence-electron chi connectivity index (χ3n) is 5.08. The Morgan fingerprint density at radius 1 is 1.23 bits per heavy atom. The zero-order chi connectivity index (χ0) is 18.9. The third kappa shape index (κ3) is 3.31. The van der Waals surface area contributed by atoms with E-state index in [9.17, 15) is 18.0 Å². The summed E-state index contributed by atoms with van der Waals surface area (Å²) in [5.74, 6) is -0.925. The minimum absolute atomic E-state index is 0.0996. The highest BCUT2D eigenvalue weighted by atomic mass is 19.4. The molecule has 0 unspecified atom stereocenters. The number of hydrogen-bond donors (Lipinski definition) is 3. The van der Waals surface area contributed by atoms with Gasteiger partial charge in [0.1, 0.15) is 11.4 Å². The van der Waals surface area contributed by atoms with Gasteiger partial charge in [-0.05, 0) is 25.3 Å². The van der Waals surface area contributed by atoms with Crippen molar-refractivity contribution in [1.29, 1.82) is 0 Å². The molecule has 26 heavy (non-hydrogen) atoms. The van der Waals surface area contributed by atoms with E-state index in [1.807, 2.05) is 30.3 Å². The fourth-order valence-electron chi connectivity index (χ4n) is 3.83. The van der Waals surface area contributed by atoms with Crippen molar-refractivity contribution >= 4 is 17.7 Å². The third-order valence-corrected chi connectivity index (χ3v) is 5.08. The van der Waals surface area contributed by atoms with Crippen LogP contribution in [0, 0.1) is 11.8 Å². The summed E-state index contributed by atoms with van der Waals surface area (Å²) in [4.78, 5) is 26.2.